The number of ether oxygens (including phenoxy) is 2. The molecule has 0 aliphatic heterocycles. The van der Waals surface area contributed by atoms with Crippen molar-refractivity contribution in [1.82, 2.24) is 10.6 Å². The number of methoxy groups -OCH3 is 2. The van der Waals surface area contributed by atoms with Gasteiger partial charge in [-0.1, -0.05) is 6.07 Å². The molecule has 0 bridgehead atoms. The SMILES string of the molecule is CN=C(NCCc1ccc(OC)c(OC)c1)NCCS(C)(=O)=O. The molecule has 0 aromatic heterocycles. The van der Waals surface area contributed by atoms with Crippen molar-refractivity contribution in [1.29, 1.82) is 0 Å². The minimum absolute atomic E-state index is 0.0728. The second-order valence-corrected chi connectivity index (χ2v) is 7.25. The van der Waals surface area contributed by atoms with E-state index in [2.05, 4.69) is 15.6 Å². The highest BCUT2D eigenvalue weighted by molar-refractivity contribution is 7.90. The molecular weight excluding hydrogens is 318 g/mol. The second-order valence-electron chi connectivity index (χ2n) is 4.99. The molecule has 0 atom stereocenters. The molecule has 2 N–H and O–H groups in total. The summed E-state index contributed by atoms with van der Waals surface area (Å²) in [6.07, 6.45) is 1.98. The lowest BCUT2D eigenvalue weighted by Crippen LogP contribution is -2.40. The molecule has 7 nitrogen and oxygen atoms in total. The second kappa shape index (κ2) is 9.24. The zero-order chi connectivity index (χ0) is 17.3. The van der Waals surface area contributed by atoms with Gasteiger partial charge in [0.25, 0.3) is 0 Å². The van der Waals surface area contributed by atoms with Gasteiger partial charge in [-0.15, -0.1) is 0 Å². The fraction of sp³-hybridized carbons (Fsp3) is 0.533. The number of aliphatic imine (C=N–C) groups is 1. The van der Waals surface area contributed by atoms with Crippen molar-refractivity contribution in [3.63, 3.8) is 0 Å². The number of sulfone groups is 1. The first-order valence-electron chi connectivity index (χ1n) is 7.22. The third kappa shape index (κ3) is 7.23. The van der Waals surface area contributed by atoms with E-state index in [-0.39, 0.29) is 5.75 Å². The first-order valence-corrected chi connectivity index (χ1v) is 9.29. The summed E-state index contributed by atoms with van der Waals surface area (Å²) in [5.41, 5.74) is 1.10. The molecule has 1 aromatic carbocycles. The van der Waals surface area contributed by atoms with E-state index in [0.29, 0.717) is 30.5 Å². The molecule has 0 radical (unpaired) electrons. The molecule has 0 heterocycles. The molecule has 0 unspecified atom stereocenters. The zero-order valence-corrected chi connectivity index (χ0v) is 14.9. The smallest absolute Gasteiger partial charge is 0.191 e. The summed E-state index contributed by atoms with van der Waals surface area (Å²) >= 11 is 0. The highest BCUT2D eigenvalue weighted by Gasteiger charge is 2.06. The monoisotopic (exact) mass is 343 g/mol. The number of hydrogen-bond donors (Lipinski definition) is 2. The van der Waals surface area contributed by atoms with E-state index in [1.54, 1.807) is 21.3 Å². The van der Waals surface area contributed by atoms with Crippen LogP contribution < -0.4 is 20.1 Å². The lowest BCUT2D eigenvalue weighted by atomic mass is 10.1. The molecule has 0 saturated carbocycles. The highest BCUT2D eigenvalue weighted by atomic mass is 32.2. The Kier molecular flexibility index (Phi) is 7.67. The number of guanidine groups is 1. The van der Waals surface area contributed by atoms with Crippen LogP contribution in [0, 0.1) is 0 Å². The third-order valence-corrected chi connectivity index (χ3v) is 4.09. The van der Waals surface area contributed by atoms with Gasteiger partial charge in [0.15, 0.2) is 17.5 Å². The topological polar surface area (TPSA) is 89.0 Å². The van der Waals surface area contributed by atoms with Crippen LogP contribution in [0.15, 0.2) is 23.2 Å². The van der Waals surface area contributed by atoms with E-state index in [0.717, 1.165) is 12.0 Å². The van der Waals surface area contributed by atoms with E-state index in [1.165, 1.54) is 6.26 Å². The summed E-state index contributed by atoms with van der Waals surface area (Å²) in [7, 11) is 1.88. The van der Waals surface area contributed by atoms with Crippen molar-refractivity contribution in [3.05, 3.63) is 23.8 Å². The minimum atomic E-state index is -2.98. The maximum absolute atomic E-state index is 11.1. The molecule has 0 fully saturated rings. The van der Waals surface area contributed by atoms with Gasteiger partial charge in [0.1, 0.15) is 9.84 Å². The number of benzene rings is 1. The van der Waals surface area contributed by atoms with Crippen molar-refractivity contribution in [2.45, 2.75) is 6.42 Å². The van der Waals surface area contributed by atoms with Crippen LogP contribution in [0.5, 0.6) is 11.5 Å². The van der Waals surface area contributed by atoms with Gasteiger partial charge in [0.2, 0.25) is 0 Å². The summed E-state index contributed by atoms with van der Waals surface area (Å²) < 4.78 is 32.7. The quantitative estimate of drug-likeness (QED) is 0.526. The highest BCUT2D eigenvalue weighted by Crippen LogP contribution is 2.27. The average Bonchev–Trinajstić information content (AvgIpc) is 2.52. The Labute approximate surface area is 138 Å². The van der Waals surface area contributed by atoms with Crippen LogP contribution in [0.1, 0.15) is 5.56 Å². The Balaban J connectivity index is 2.45. The van der Waals surface area contributed by atoms with Crippen LogP contribution >= 0.6 is 0 Å². The molecule has 0 saturated heterocycles. The van der Waals surface area contributed by atoms with E-state index < -0.39 is 9.84 Å². The Morgan fingerprint density at radius 1 is 1.13 bits per heavy atom. The Hall–Kier alpha value is -1.96. The normalized spacial score (nSPS) is 11.9. The van der Waals surface area contributed by atoms with Crippen LogP contribution in [0.3, 0.4) is 0 Å². The zero-order valence-electron chi connectivity index (χ0n) is 14.0. The predicted molar refractivity (Wildman–Crippen MR) is 92.3 cm³/mol. The van der Waals surface area contributed by atoms with Crippen LogP contribution in [0.2, 0.25) is 0 Å². The molecular formula is C15H25N3O4S. The summed E-state index contributed by atoms with van der Waals surface area (Å²) in [5.74, 6) is 2.04. The summed E-state index contributed by atoms with van der Waals surface area (Å²) in [6.45, 7) is 0.989. The number of nitrogens with zero attached hydrogens (tertiary/aromatic N) is 1. The van der Waals surface area contributed by atoms with Crippen molar-refractivity contribution in [3.8, 4) is 11.5 Å². The van der Waals surface area contributed by atoms with Gasteiger partial charge in [-0.2, -0.15) is 0 Å². The molecule has 23 heavy (non-hydrogen) atoms. The van der Waals surface area contributed by atoms with Crippen LogP contribution in [0.4, 0.5) is 0 Å². The first kappa shape index (κ1) is 19.1. The lowest BCUT2D eigenvalue weighted by molar-refractivity contribution is 0.354. The van der Waals surface area contributed by atoms with Gasteiger partial charge in [-0.3, -0.25) is 4.99 Å². The number of nitrogens with one attached hydrogen (secondary N) is 2. The largest absolute Gasteiger partial charge is 0.493 e. The van der Waals surface area contributed by atoms with Crippen molar-refractivity contribution in [2.24, 2.45) is 4.99 Å². The van der Waals surface area contributed by atoms with Gasteiger partial charge in [-0.25, -0.2) is 8.42 Å². The Morgan fingerprint density at radius 2 is 1.78 bits per heavy atom. The molecule has 0 aliphatic rings. The predicted octanol–water partition coefficient (Wildman–Crippen LogP) is 0.456. The van der Waals surface area contributed by atoms with Gasteiger partial charge >= 0.3 is 0 Å². The third-order valence-electron chi connectivity index (χ3n) is 3.14. The fourth-order valence-corrected chi connectivity index (χ4v) is 2.41. The van der Waals surface area contributed by atoms with E-state index in [9.17, 15) is 8.42 Å². The molecule has 1 rings (SSSR count). The standard InChI is InChI=1S/C15H25N3O4S/c1-16-15(18-9-10-23(4,19)20)17-8-7-12-5-6-13(21-2)14(11-12)22-3/h5-6,11H,7-10H2,1-4H3,(H2,16,17,18). The van der Waals surface area contributed by atoms with Crippen molar-refractivity contribution >= 4 is 15.8 Å². The molecule has 0 amide bonds. The first-order chi connectivity index (χ1) is 10.9. The molecule has 1 aromatic rings. The molecule has 0 aliphatic carbocycles. The van der Waals surface area contributed by atoms with Crippen molar-refractivity contribution in [2.75, 3.05) is 46.4 Å². The maximum Gasteiger partial charge on any atom is 0.191 e. The van der Waals surface area contributed by atoms with Gasteiger partial charge in [-0.05, 0) is 24.1 Å². The summed E-state index contributed by atoms with van der Waals surface area (Å²) in [5, 5.41) is 6.11. The lowest BCUT2D eigenvalue weighted by Gasteiger charge is -2.12. The molecule has 8 heteroatoms. The molecule has 130 valence electrons. The van der Waals surface area contributed by atoms with Gasteiger partial charge in [0.05, 0.1) is 20.0 Å². The van der Waals surface area contributed by atoms with E-state index in [4.69, 9.17) is 9.47 Å². The minimum Gasteiger partial charge on any atom is -0.493 e. The van der Waals surface area contributed by atoms with E-state index >= 15 is 0 Å². The van der Waals surface area contributed by atoms with Gasteiger partial charge in [0, 0.05) is 26.4 Å². The Morgan fingerprint density at radius 3 is 2.35 bits per heavy atom. The number of rotatable bonds is 8. The maximum atomic E-state index is 11.1. The fourth-order valence-electron chi connectivity index (χ4n) is 1.94. The van der Waals surface area contributed by atoms with Crippen LogP contribution in [0.25, 0.3) is 0 Å². The average molecular weight is 343 g/mol. The summed E-state index contributed by atoms with van der Waals surface area (Å²) in [4.78, 5) is 4.05. The van der Waals surface area contributed by atoms with Crippen LogP contribution in [-0.2, 0) is 16.3 Å². The summed E-state index contributed by atoms with van der Waals surface area (Å²) in [6, 6.07) is 5.77. The van der Waals surface area contributed by atoms with Gasteiger partial charge < -0.3 is 20.1 Å². The molecule has 0 spiro atoms. The van der Waals surface area contributed by atoms with Crippen LogP contribution in [-0.4, -0.2) is 60.7 Å². The Bertz CT molecular complexity index is 630. The number of hydrogen-bond acceptors (Lipinski definition) is 5. The van der Waals surface area contributed by atoms with E-state index in [1.807, 2.05) is 18.2 Å². The van der Waals surface area contributed by atoms with Crippen molar-refractivity contribution < 1.29 is 17.9 Å².